The topological polar surface area (TPSA) is 87.2 Å². The second kappa shape index (κ2) is 7.98. The van der Waals surface area contributed by atoms with Crippen molar-refractivity contribution in [2.24, 2.45) is 5.10 Å². The summed E-state index contributed by atoms with van der Waals surface area (Å²) >= 11 is 0. The molecule has 0 unspecified atom stereocenters. The van der Waals surface area contributed by atoms with Crippen molar-refractivity contribution in [3.05, 3.63) is 70.4 Å². The number of sulfonamides is 1. The van der Waals surface area contributed by atoms with Crippen molar-refractivity contribution in [2.75, 3.05) is 0 Å². The number of aryl methyl sites for hydroxylation is 4. The standard InChI is InChI=1S/C21H24N4O2S/c1-5-17-6-8-18(9-7-17)20-19(12-22-24-20)13-23-25-28(26,27)21-15(3)10-14(2)11-16(21)4/h6-13,25H,5H2,1-4H3,(H,22,24). The highest BCUT2D eigenvalue weighted by Crippen LogP contribution is 2.22. The molecule has 0 radical (unpaired) electrons. The summed E-state index contributed by atoms with van der Waals surface area (Å²) in [4.78, 5) is 2.57. The van der Waals surface area contributed by atoms with Crippen LogP contribution in [0.2, 0.25) is 0 Å². The van der Waals surface area contributed by atoms with E-state index in [4.69, 9.17) is 0 Å². The zero-order valence-electron chi connectivity index (χ0n) is 16.4. The molecule has 0 bridgehead atoms. The Kier molecular flexibility index (Phi) is 5.65. The number of H-pyrrole nitrogens is 1. The summed E-state index contributed by atoms with van der Waals surface area (Å²) in [5, 5.41) is 11.0. The third-order valence-corrected chi connectivity index (χ3v) is 6.10. The largest absolute Gasteiger partial charge is 0.277 e. The van der Waals surface area contributed by atoms with Crippen LogP contribution in [0.25, 0.3) is 11.3 Å². The normalized spacial score (nSPS) is 11.9. The molecule has 0 aliphatic rings. The van der Waals surface area contributed by atoms with Crippen LogP contribution in [0.1, 0.15) is 34.7 Å². The fraction of sp³-hybridized carbons (Fsp3) is 0.238. The molecular formula is C21H24N4O2S. The van der Waals surface area contributed by atoms with Gasteiger partial charge in [-0.2, -0.15) is 18.6 Å². The predicted molar refractivity (Wildman–Crippen MR) is 112 cm³/mol. The molecule has 0 fully saturated rings. The van der Waals surface area contributed by atoms with Gasteiger partial charge >= 0.3 is 0 Å². The highest BCUT2D eigenvalue weighted by Gasteiger charge is 2.19. The van der Waals surface area contributed by atoms with E-state index >= 15 is 0 Å². The molecule has 3 aromatic rings. The number of nitrogens with one attached hydrogen (secondary N) is 2. The molecule has 2 aromatic carbocycles. The molecule has 28 heavy (non-hydrogen) atoms. The van der Waals surface area contributed by atoms with E-state index in [-0.39, 0.29) is 4.90 Å². The van der Waals surface area contributed by atoms with E-state index in [0.29, 0.717) is 16.7 Å². The Morgan fingerprint density at radius 2 is 1.75 bits per heavy atom. The Balaban J connectivity index is 1.83. The fourth-order valence-electron chi connectivity index (χ4n) is 3.33. The molecule has 0 aliphatic carbocycles. The van der Waals surface area contributed by atoms with Crippen molar-refractivity contribution >= 4 is 16.2 Å². The molecule has 6 nitrogen and oxygen atoms in total. The van der Waals surface area contributed by atoms with Crippen LogP contribution in [0.5, 0.6) is 0 Å². The molecular weight excluding hydrogens is 372 g/mol. The molecule has 0 amide bonds. The molecule has 3 rings (SSSR count). The molecule has 7 heteroatoms. The van der Waals surface area contributed by atoms with Crippen LogP contribution in [-0.4, -0.2) is 24.8 Å². The Hall–Kier alpha value is -2.93. The van der Waals surface area contributed by atoms with Gasteiger partial charge in [0.05, 0.1) is 23.0 Å². The number of hydrogen-bond donors (Lipinski definition) is 2. The summed E-state index contributed by atoms with van der Waals surface area (Å²) < 4.78 is 25.4. The molecule has 1 heterocycles. The first-order valence-electron chi connectivity index (χ1n) is 9.07. The van der Waals surface area contributed by atoms with Gasteiger partial charge < -0.3 is 0 Å². The highest BCUT2D eigenvalue weighted by molar-refractivity contribution is 7.89. The summed E-state index contributed by atoms with van der Waals surface area (Å²) in [6.45, 7) is 7.61. The van der Waals surface area contributed by atoms with Crippen LogP contribution in [0.15, 0.2) is 52.6 Å². The second-order valence-corrected chi connectivity index (χ2v) is 8.43. The second-order valence-electron chi connectivity index (χ2n) is 6.83. The Labute approximate surface area is 165 Å². The number of benzene rings is 2. The first kappa shape index (κ1) is 19.8. The monoisotopic (exact) mass is 396 g/mol. The zero-order chi connectivity index (χ0) is 20.3. The minimum Gasteiger partial charge on any atom is -0.277 e. The van der Waals surface area contributed by atoms with Gasteiger partial charge in [0.1, 0.15) is 0 Å². The SMILES string of the molecule is CCc1ccc(-c2[nH]ncc2C=NNS(=O)(=O)c2c(C)cc(C)cc2C)cc1. The van der Waals surface area contributed by atoms with Crippen molar-refractivity contribution in [3.8, 4) is 11.3 Å². The third kappa shape index (κ3) is 4.14. The van der Waals surface area contributed by atoms with Gasteiger partial charge in [-0.05, 0) is 43.9 Å². The molecule has 0 spiro atoms. The average Bonchev–Trinajstić information content (AvgIpc) is 3.09. The van der Waals surface area contributed by atoms with Gasteiger partial charge in [0, 0.05) is 11.1 Å². The average molecular weight is 397 g/mol. The quantitative estimate of drug-likeness (QED) is 0.490. The minimum atomic E-state index is -3.76. The van der Waals surface area contributed by atoms with Crippen LogP contribution in [0.4, 0.5) is 0 Å². The maximum absolute atomic E-state index is 12.7. The first-order chi connectivity index (χ1) is 13.3. The molecule has 0 saturated heterocycles. The van der Waals surface area contributed by atoms with E-state index in [1.165, 1.54) is 11.8 Å². The fourth-order valence-corrected chi connectivity index (χ4v) is 4.58. The van der Waals surface area contributed by atoms with E-state index in [1.807, 2.05) is 31.2 Å². The molecule has 2 N–H and O–H groups in total. The molecule has 0 atom stereocenters. The van der Waals surface area contributed by atoms with E-state index in [9.17, 15) is 8.42 Å². The summed E-state index contributed by atoms with van der Waals surface area (Å²) in [5.74, 6) is 0. The Morgan fingerprint density at radius 3 is 2.36 bits per heavy atom. The Bertz CT molecular complexity index is 1090. The van der Waals surface area contributed by atoms with Gasteiger partial charge in [0.15, 0.2) is 0 Å². The lowest BCUT2D eigenvalue weighted by Gasteiger charge is -2.11. The van der Waals surface area contributed by atoms with Crippen LogP contribution in [0.3, 0.4) is 0 Å². The lowest BCUT2D eigenvalue weighted by atomic mass is 10.1. The lowest BCUT2D eigenvalue weighted by Crippen LogP contribution is -2.20. The summed E-state index contributed by atoms with van der Waals surface area (Å²) in [6, 6.07) is 11.8. The maximum Gasteiger partial charge on any atom is 0.277 e. The van der Waals surface area contributed by atoms with E-state index < -0.39 is 10.0 Å². The molecule has 1 aromatic heterocycles. The molecule has 0 saturated carbocycles. The van der Waals surface area contributed by atoms with Crippen molar-refractivity contribution in [1.29, 1.82) is 0 Å². The van der Waals surface area contributed by atoms with Crippen LogP contribution < -0.4 is 4.83 Å². The maximum atomic E-state index is 12.7. The van der Waals surface area contributed by atoms with Gasteiger partial charge in [0.2, 0.25) is 0 Å². The molecule has 0 aliphatic heterocycles. The van der Waals surface area contributed by atoms with Crippen molar-refractivity contribution < 1.29 is 8.42 Å². The number of aromatic amines is 1. The van der Waals surface area contributed by atoms with E-state index in [1.54, 1.807) is 20.0 Å². The van der Waals surface area contributed by atoms with Crippen molar-refractivity contribution in [2.45, 2.75) is 39.0 Å². The number of nitrogens with zero attached hydrogens (tertiary/aromatic N) is 2. The van der Waals surface area contributed by atoms with Crippen LogP contribution in [-0.2, 0) is 16.4 Å². The van der Waals surface area contributed by atoms with Gasteiger partial charge in [-0.1, -0.05) is 48.9 Å². The zero-order valence-corrected chi connectivity index (χ0v) is 17.3. The van der Waals surface area contributed by atoms with Gasteiger partial charge in [-0.25, -0.2) is 4.83 Å². The predicted octanol–water partition coefficient (Wildman–Crippen LogP) is 3.88. The van der Waals surface area contributed by atoms with E-state index in [2.05, 4.69) is 39.2 Å². The summed E-state index contributed by atoms with van der Waals surface area (Å²) in [7, 11) is -3.76. The third-order valence-electron chi connectivity index (χ3n) is 4.57. The highest BCUT2D eigenvalue weighted by atomic mass is 32.2. The number of hydrazone groups is 1. The van der Waals surface area contributed by atoms with Crippen molar-refractivity contribution in [1.82, 2.24) is 15.0 Å². The van der Waals surface area contributed by atoms with Crippen LogP contribution >= 0.6 is 0 Å². The molecule has 146 valence electrons. The van der Waals surface area contributed by atoms with Crippen molar-refractivity contribution in [3.63, 3.8) is 0 Å². The van der Waals surface area contributed by atoms with E-state index in [0.717, 1.165) is 23.2 Å². The smallest absolute Gasteiger partial charge is 0.277 e. The number of aromatic nitrogens is 2. The minimum absolute atomic E-state index is 0.262. The van der Waals surface area contributed by atoms with Gasteiger partial charge in [0.25, 0.3) is 10.0 Å². The lowest BCUT2D eigenvalue weighted by molar-refractivity contribution is 0.583. The Morgan fingerprint density at radius 1 is 1.11 bits per heavy atom. The first-order valence-corrected chi connectivity index (χ1v) is 10.6. The number of hydrogen-bond acceptors (Lipinski definition) is 4. The number of rotatable bonds is 6. The van der Waals surface area contributed by atoms with Crippen LogP contribution in [0, 0.1) is 20.8 Å². The van der Waals surface area contributed by atoms with Gasteiger partial charge in [-0.3, -0.25) is 5.10 Å². The summed E-state index contributed by atoms with van der Waals surface area (Å²) in [6.07, 6.45) is 4.05. The van der Waals surface area contributed by atoms with Gasteiger partial charge in [-0.15, -0.1) is 0 Å². The summed E-state index contributed by atoms with van der Waals surface area (Å²) in [5.41, 5.74) is 6.10.